The topological polar surface area (TPSA) is 57.6 Å². The molecule has 0 aromatic carbocycles. The lowest BCUT2D eigenvalue weighted by Gasteiger charge is -2.17. The van der Waals surface area contributed by atoms with E-state index in [4.69, 9.17) is 5.11 Å². The van der Waals surface area contributed by atoms with Crippen LogP contribution in [0.1, 0.15) is 12.8 Å². The van der Waals surface area contributed by atoms with Crippen LogP contribution in [0, 0.1) is 11.8 Å². The smallest absolute Gasteiger partial charge is 0.390 e. The third-order valence-electron chi connectivity index (χ3n) is 2.53. The van der Waals surface area contributed by atoms with Crippen molar-refractivity contribution in [2.24, 2.45) is 11.8 Å². The molecule has 1 aliphatic carbocycles. The van der Waals surface area contributed by atoms with Crippen LogP contribution in [-0.2, 0) is 9.59 Å². The highest BCUT2D eigenvalue weighted by molar-refractivity contribution is 5.89. The zero-order chi connectivity index (χ0) is 12.5. The van der Waals surface area contributed by atoms with E-state index in [1.165, 1.54) is 7.05 Å². The number of rotatable bonds is 4. The lowest BCUT2D eigenvalue weighted by atomic mass is 10.2. The molecular formula is C9H12F3NO3. The Morgan fingerprint density at radius 1 is 1.38 bits per heavy atom. The fourth-order valence-corrected chi connectivity index (χ4v) is 1.43. The van der Waals surface area contributed by atoms with Crippen molar-refractivity contribution in [3.63, 3.8) is 0 Å². The first-order valence-electron chi connectivity index (χ1n) is 4.77. The van der Waals surface area contributed by atoms with Crippen molar-refractivity contribution < 1.29 is 27.9 Å². The van der Waals surface area contributed by atoms with Gasteiger partial charge in [0, 0.05) is 13.6 Å². The Balaban J connectivity index is 2.36. The summed E-state index contributed by atoms with van der Waals surface area (Å²) in [6, 6.07) is 0. The van der Waals surface area contributed by atoms with Crippen LogP contribution in [0.4, 0.5) is 13.2 Å². The molecule has 7 heteroatoms. The van der Waals surface area contributed by atoms with Crippen molar-refractivity contribution in [3.05, 3.63) is 0 Å². The van der Waals surface area contributed by atoms with Gasteiger partial charge in [0.1, 0.15) is 0 Å². The number of nitrogens with zero attached hydrogens (tertiary/aromatic N) is 1. The van der Waals surface area contributed by atoms with E-state index in [2.05, 4.69) is 0 Å². The molecule has 2 atom stereocenters. The third kappa shape index (κ3) is 3.39. The number of carboxylic acids is 1. The first-order valence-corrected chi connectivity index (χ1v) is 4.77. The van der Waals surface area contributed by atoms with Crippen LogP contribution in [0.2, 0.25) is 0 Å². The molecule has 1 amide bonds. The van der Waals surface area contributed by atoms with E-state index in [0.29, 0.717) is 0 Å². The number of carbonyl (C=O) groups excluding carboxylic acids is 1. The van der Waals surface area contributed by atoms with Gasteiger partial charge in [-0.1, -0.05) is 0 Å². The maximum Gasteiger partial charge on any atom is 0.390 e. The molecular weight excluding hydrogens is 227 g/mol. The SMILES string of the molecule is CN(CCC(F)(F)F)C(=O)[C@@H]1C[C@@H]1C(=O)O. The normalized spacial score (nSPS) is 24.0. The van der Waals surface area contributed by atoms with E-state index in [0.717, 1.165) is 4.90 Å². The van der Waals surface area contributed by atoms with E-state index in [1.807, 2.05) is 0 Å². The quantitative estimate of drug-likeness (QED) is 0.799. The van der Waals surface area contributed by atoms with E-state index < -0.39 is 42.9 Å². The number of hydrogen-bond acceptors (Lipinski definition) is 2. The molecule has 0 aliphatic heterocycles. The Morgan fingerprint density at radius 3 is 2.31 bits per heavy atom. The van der Waals surface area contributed by atoms with Crippen molar-refractivity contribution in [2.75, 3.05) is 13.6 Å². The second kappa shape index (κ2) is 4.31. The Hall–Kier alpha value is -1.27. The number of carboxylic acid groups (broad SMARTS) is 1. The molecule has 0 unspecified atom stereocenters. The molecule has 1 saturated carbocycles. The van der Waals surface area contributed by atoms with Crippen LogP contribution >= 0.6 is 0 Å². The predicted molar refractivity (Wildman–Crippen MR) is 47.5 cm³/mol. The van der Waals surface area contributed by atoms with E-state index in [1.54, 1.807) is 0 Å². The molecule has 92 valence electrons. The largest absolute Gasteiger partial charge is 0.481 e. The van der Waals surface area contributed by atoms with Gasteiger partial charge in [-0.15, -0.1) is 0 Å². The summed E-state index contributed by atoms with van der Waals surface area (Å²) in [4.78, 5) is 22.8. The predicted octanol–water partition coefficient (Wildman–Crippen LogP) is 1.12. The molecule has 1 N–H and O–H groups in total. The van der Waals surface area contributed by atoms with E-state index in [9.17, 15) is 22.8 Å². The zero-order valence-corrected chi connectivity index (χ0v) is 8.62. The summed E-state index contributed by atoms with van der Waals surface area (Å²) in [7, 11) is 1.26. The first-order chi connectivity index (χ1) is 7.22. The number of amides is 1. The molecule has 0 bridgehead atoms. The van der Waals surface area contributed by atoms with Crippen LogP contribution in [-0.4, -0.2) is 41.7 Å². The summed E-state index contributed by atoms with van der Waals surface area (Å²) >= 11 is 0. The molecule has 0 saturated heterocycles. The van der Waals surface area contributed by atoms with E-state index in [-0.39, 0.29) is 6.42 Å². The van der Waals surface area contributed by atoms with Gasteiger partial charge < -0.3 is 10.0 Å². The fraction of sp³-hybridized carbons (Fsp3) is 0.778. The second-order valence-corrected chi connectivity index (χ2v) is 3.91. The highest BCUT2D eigenvalue weighted by Gasteiger charge is 2.49. The lowest BCUT2D eigenvalue weighted by Crippen LogP contribution is -2.32. The molecule has 1 fully saturated rings. The van der Waals surface area contributed by atoms with Crippen molar-refractivity contribution in [1.29, 1.82) is 0 Å². The third-order valence-corrected chi connectivity index (χ3v) is 2.53. The van der Waals surface area contributed by atoms with Crippen molar-refractivity contribution in [3.8, 4) is 0 Å². The minimum Gasteiger partial charge on any atom is -0.481 e. The van der Waals surface area contributed by atoms with Gasteiger partial charge in [0.05, 0.1) is 18.3 Å². The molecule has 16 heavy (non-hydrogen) atoms. The highest BCUT2D eigenvalue weighted by Crippen LogP contribution is 2.40. The molecule has 4 nitrogen and oxygen atoms in total. The molecule has 0 radical (unpaired) electrons. The van der Waals surface area contributed by atoms with Crippen LogP contribution < -0.4 is 0 Å². The number of hydrogen-bond donors (Lipinski definition) is 1. The number of halogens is 3. The number of carbonyl (C=O) groups is 2. The van der Waals surface area contributed by atoms with E-state index >= 15 is 0 Å². The van der Waals surface area contributed by atoms with Crippen molar-refractivity contribution in [2.45, 2.75) is 19.0 Å². The Labute approximate surface area is 90.0 Å². The molecule has 1 aliphatic rings. The summed E-state index contributed by atoms with van der Waals surface area (Å²) in [5.41, 5.74) is 0. The minimum atomic E-state index is -4.30. The molecule has 0 aromatic rings. The molecule has 0 heterocycles. The molecule has 0 aromatic heterocycles. The van der Waals surface area contributed by atoms with Crippen LogP contribution in [0.5, 0.6) is 0 Å². The Kier molecular flexibility index (Phi) is 3.44. The van der Waals surface area contributed by atoms with Crippen LogP contribution in [0.15, 0.2) is 0 Å². The van der Waals surface area contributed by atoms with Gasteiger partial charge in [0.2, 0.25) is 5.91 Å². The van der Waals surface area contributed by atoms with Crippen LogP contribution in [0.3, 0.4) is 0 Å². The average Bonchev–Trinajstić information content (AvgIpc) is 2.91. The monoisotopic (exact) mass is 239 g/mol. The first kappa shape index (κ1) is 12.8. The summed E-state index contributed by atoms with van der Waals surface area (Å²) in [6.07, 6.45) is -5.14. The van der Waals surface area contributed by atoms with Crippen molar-refractivity contribution in [1.82, 2.24) is 4.90 Å². The van der Waals surface area contributed by atoms with Gasteiger partial charge >= 0.3 is 12.1 Å². The highest BCUT2D eigenvalue weighted by atomic mass is 19.4. The standard InChI is InChI=1S/C9H12F3NO3/c1-13(3-2-9(10,11)12)7(14)5-4-6(5)8(15)16/h5-6H,2-4H2,1H3,(H,15,16)/t5-,6+/m1/s1. The van der Waals surface area contributed by atoms with Gasteiger partial charge in [0.25, 0.3) is 0 Å². The fourth-order valence-electron chi connectivity index (χ4n) is 1.43. The molecule has 1 rings (SSSR count). The zero-order valence-electron chi connectivity index (χ0n) is 8.62. The maximum atomic E-state index is 11.9. The van der Waals surface area contributed by atoms with Gasteiger partial charge in [-0.3, -0.25) is 9.59 Å². The lowest BCUT2D eigenvalue weighted by molar-refractivity contribution is -0.147. The summed E-state index contributed by atoms with van der Waals surface area (Å²) < 4.78 is 35.6. The summed E-state index contributed by atoms with van der Waals surface area (Å²) in [6.45, 7) is -0.425. The van der Waals surface area contributed by atoms with Gasteiger partial charge in [-0.05, 0) is 6.42 Å². The van der Waals surface area contributed by atoms with Gasteiger partial charge in [-0.2, -0.15) is 13.2 Å². The Bertz CT molecular complexity index is 303. The Morgan fingerprint density at radius 2 is 1.94 bits per heavy atom. The maximum absolute atomic E-state index is 11.9. The van der Waals surface area contributed by atoms with Gasteiger partial charge in [0.15, 0.2) is 0 Å². The van der Waals surface area contributed by atoms with Gasteiger partial charge in [-0.25, -0.2) is 0 Å². The minimum absolute atomic E-state index is 0.227. The summed E-state index contributed by atoms with van der Waals surface area (Å²) in [5.74, 6) is -2.95. The molecule has 0 spiro atoms. The van der Waals surface area contributed by atoms with Crippen molar-refractivity contribution >= 4 is 11.9 Å². The van der Waals surface area contributed by atoms with Crippen LogP contribution in [0.25, 0.3) is 0 Å². The number of aliphatic carboxylic acids is 1. The second-order valence-electron chi connectivity index (χ2n) is 3.91. The summed E-state index contributed by atoms with van der Waals surface area (Å²) in [5, 5.41) is 8.56. The average molecular weight is 239 g/mol. The number of alkyl halides is 3.